The van der Waals surface area contributed by atoms with Gasteiger partial charge in [0.25, 0.3) is 0 Å². The summed E-state index contributed by atoms with van der Waals surface area (Å²) in [7, 11) is 0. The first-order valence-electron chi connectivity index (χ1n) is 6.15. The van der Waals surface area contributed by atoms with Crippen molar-refractivity contribution in [3.8, 4) is 0 Å². The van der Waals surface area contributed by atoms with Gasteiger partial charge in [-0.05, 0) is 35.4 Å². The van der Waals surface area contributed by atoms with E-state index in [1.807, 2.05) is 48.6 Å². The molecule has 102 valence electrons. The van der Waals surface area contributed by atoms with Crippen LogP contribution in [0.25, 0.3) is 12.2 Å². The molecule has 0 aromatic heterocycles. The summed E-state index contributed by atoms with van der Waals surface area (Å²) in [5, 5.41) is 3.40. The maximum Gasteiger partial charge on any atom is 0.221 e. The fourth-order valence-electron chi connectivity index (χ4n) is 1.77. The van der Waals surface area contributed by atoms with Crippen LogP contribution in [0, 0.1) is 0 Å². The maximum absolute atomic E-state index is 11.0. The minimum absolute atomic E-state index is 0.117. The van der Waals surface area contributed by atoms with Crippen LogP contribution in [0.4, 0.5) is 11.4 Å². The monoisotopic (exact) mass is 286 g/mol. The lowest BCUT2D eigenvalue weighted by molar-refractivity contribution is -0.114. The molecular formula is C16H15ClN2O. The zero-order valence-corrected chi connectivity index (χ0v) is 11.8. The van der Waals surface area contributed by atoms with Crippen LogP contribution in [0.5, 0.6) is 0 Å². The Balaban J connectivity index is 2.17. The van der Waals surface area contributed by atoms with Gasteiger partial charge >= 0.3 is 0 Å². The number of nitrogens with one attached hydrogen (secondary N) is 1. The smallest absolute Gasteiger partial charge is 0.221 e. The van der Waals surface area contributed by atoms with Gasteiger partial charge in [0.1, 0.15) is 0 Å². The summed E-state index contributed by atoms with van der Waals surface area (Å²) >= 11 is 5.83. The summed E-state index contributed by atoms with van der Waals surface area (Å²) in [6, 6.07) is 13.0. The molecule has 0 unspecified atom stereocenters. The summed E-state index contributed by atoms with van der Waals surface area (Å²) in [4.78, 5) is 11.0. The third kappa shape index (κ3) is 3.87. The van der Waals surface area contributed by atoms with Crippen molar-refractivity contribution in [2.45, 2.75) is 6.92 Å². The molecule has 0 radical (unpaired) electrons. The Kier molecular flexibility index (Phi) is 4.43. The Morgan fingerprint density at radius 2 is 1.85 bits per heavy atom. The lowest BCUT2D eigenvalue weighted by atomic mass is 10.1. The average Bonchev–Trinajstić information content (AvgIpc) is 2.39. The van der Waals surface area contributed by atoms with E-state index in [2.05, 4.69) is 5.32 Å². The van der Waals surface area contributed by atoms with Gasteiger partial charge in [0.15, 0.2) is 0 Å². The first kappa shape index (κ1) is 14.2. The van der Waals surface area contributed by atoms with Gasteiger partial charge in [0.2, 0.25) is 5.91 Å². The molecule has 2 rings (SSSR count). The molecule has 1 amide bonds. The zero-order chi connectivity index (χ0) is 14.5. The molecule has 0 heterocycles. The van der Waals surface area contributed by atoms with E-state index in [0.29, 0.717) is 16.4 Å². The number of nitrogens with two attached hydrogens (primary N) is 1. The largest absolute Gasteiger partial charge is 0.398 e. The highest BCUT2D eigenvalue weighted by atomic mass is 35.5. The SMILES string of the molecule is CC(=O)Nc1ccc(/C=C/c2ccc(Cl)cc2)c(N)c1. The Bertz CT molecular complexity index is 648. The molecule has 4 heteroatoms. The molecule has 0 aliphatic rings. The van der Waals surface area contributed by atoms with Gasteiger partial charge in [-0.25, -0.2) is 0 Å². The lowest BCUT2D eigenvalue weighted by Crippen LogP contribution is -2.06. The molecular weight excluding hydrogens is 272 g/mol. The minimum Gasteiger partial charge on any atom is -0.398 e. The van der Waals surface area contributed by atoms with Crippen LogP contribution in [0.3, 0.4) is 0 Å². The third-order valence-electron chi connectivity index (χ3n) is 2.73. The fraction of sp³-hybridized carbons (Fsp3) is 0.0625. The van der Waals surface area contributed by atoms with Gasteiger partial charge in [0, 0.05) is 23.3 Å². The first-order chi connectivity index (χ1) is 9.54. The molecule has 0 bridgehead atoms. The summed E-state index contributed by atoms with van der Waals surface area (Å²) in [6.45, 7) is 1.46. The second kappa shape index (κ2) is 6.26. The minimum atomic E-state index is -0.117. The van der Waals surface area contributed by atoms with Gasteiger partial charge in [0.05, 0.1) is 0 Å². The topological polar surface area (TPSA) is 55.1 Å². The standard InChI is InChI=1S/C16H15ClN2O/c1-11(20)19-15-9-6-13(16(18)10-15)5-2-12-3-7-14(17)8-4-12/h2-10H,18H2,1H3,(H,19,20)/b5-2+. The third-order valence-corrected chi connectivity index (χ3v) is 2.98. The number of hydrogen-bond acceptors (Lipinski definition) is 2. The van der Waals surface area contributed by atoms with Crippen molar-refractivity contribution in [1.29, 1.82) is 0 Å². The number of halogens is 1. The molecule has 2 aromatic rings. The molecule has 0 aliphatic heterocycles. The van der Waals surface area contributed by atoms with Gasteiger partial charge in [-0.15, -0.1) is 0 Å². The van der Waals surface area contributed by atoms with E-state index in [1.165, 1.54) is 6.92 Å². The van der Waals surface area contributed by atoms with Crippen LogP contribution in [0.2, 0.25) is 5.02 Å². The molecule has 0 spiro atoms. The molecule has 0 atom stereocenters. The Hall–Kier alpha value is -2.26. The second-order valence-electron chi connectivity index (χ2n) is 4.41. The molecule has 3 N–H and O–H groups in total. The molecule has 2 aromatic carbocycles. The number of carbonyl (C=O) groups is 1. The van der Waals surface area contributed by atoms with Gasteiger partial charge in [-0.2, -0.15) is 0 Å². The number of rotatable bonds is 3. The highest BCUT2D eigenvalue weighted by molar-refractivity contribution is 6.30. The van der Waals surface area contributed by atoms with E-state index in [1.54, 1.807) is 6.07 Å². The van der Waals surface area contributed by atoms with Crippen molar-refractivity contribution in [3.05, 3.63) is 58.6 Å². The predicted molar refractivity (Wildman–Crippen MR) is 85.5 cm³/mol. The molecule has 20 heavy (non-hydrogen) atoms. The first-order valence-corrected chi connectivity index (χ1v) is 6.53. The van der Waals surface area contributed by atoms with E-state index in [4.69, 9.17) is 17.3 Å². The maximum atomic E-state index is 11.0. The van der Waals surface area contributed by atoms with E-state index < -0.39 is 0 Å². The van der Waals surface area contributed by atoms with Crippen molar-refractivity contribution in [3.63, 3.8) is 0 Å². The van der Waals surface area contributed by atoms with Crippen molar-refractivity contribution in [1.82, 2.24) is 0 Å². The van der Waals surface area contributed by atoms with Gasteiger partial charge in [-0.1, -0.05) is 42.0 Å². The second-order valence-corrected chi connectivity index (χ2v) is 4.85. The Morgan fingerprint density at radius 3 is 2.45 bits per heavy atom. The van der Waals surface area contributed by atoms with Crippen molar-refractivity contribution < 1.29 is 4.79 Å². The number of benzene rings is 2. The predicted octanol–water partition coefficient (Wildman–Crippen LogP) is 4.05. The number of amides is 1. The van der Waals surface area contributed by atoms with Crippen LogP contribution >= 0.6 is 11.6 Å². The number of carbonyl (C=O) groups excluding carboxylic acids is 1. The quantitative estimate of drug-likeness (QED) is 0.660. The highest BCUT2D eigenvalue weighted by Gasteiger charge is 1.99. The number of nitrogen functional groups attached to an aromatic ring is 1. The summed E-state index contributed by atoms with van der Waals surface area (Å²) < 4.78 is 0. The van der Waals surface area contributed by atoms with E-state index >= 15 is 0 Å². The van der Waals surface area contributed by atoms with Gasteiger partial charge < -0.3 is 11.1 Å². The number of anilines is 2. The molecule has 0 saturated heterocycles. The molecule has 3 nitrogen and oxygen atoms in total. The fourth-order valence-corrected chi connectivity index (χ4v) is 1.89. The van der Waals surface area contributed by atoms with Crippen molar-refractivity contribution in [2.75, 3.05) is 11.1 Å². The zero-order valence-electron chi connectivity index (χ0n) is 11.1. The van der Waals surface area contributed by atoms with Crippen LogP contribution < -0.4 is 11.1 Å². The number of hydrogen-bond donors (Lipinski definition) is 2. The van der Waals surface area contributed by atoms with Crippen LogP contribution in [-0.2, 0) is 4.79 Å². The van der Waals surface area contributed by atoms with E-state index in [0.717, 1.165) is 11.1 Å². The van der Waals surface area contributed by atoms with Crippen LogP contribution in [0.1, 0.15) is 18.1 Å². The highest BCUT2D eigenvalue weighted by Crippen LogP contribution is 2.20. The van der Waals surface area contributed by atoms with E-state index in [9.17, 15) is 4.79 Å². The normalized spacial score (nSPS) is 10.7. The lowest BCUT2D eigenvalue weighted by Gasteiger charge is -2.05. The molecule has 0 saturated carbocycles. The Labute approximate surface area is 123 Å². The average molecular weight is 287 g/mol. The van der Waals surface area contributed by atoms with Crippen LogP contribution in [0.15, 0.2) is 42.5 Å². The summed E-state index contributed by atoms with van der Waals surface area (Å²) in [5.41, 5.74) is 9.21. The van der Waals surface area contributed by atoms with Crippen LogP contribution in [-0.4, -0.2) is 5.91 Å². The van der Waals surface area contributed by atoms with Crippen molar-refractivity contribution >= 4 is 41.0 Å². The summed E-state index contributed by atoms with van der Waals surface area (Å²) in [5.74, 6) is -0.117. The Morgan fingerprint density at radius 1 is 1.15 bits per heavy atom. The molecule has 0 aliphatic carbocycles. The van der Waals surface area contributed by atoms with E-state index in [-0.39, 0.29) is 5.91 Å². The van der Waals surface area contributed by atoms with Gasteiger partial charge in [-0.3, -0.25) is 4.79 Å². The molecule has 0 fully saturated rings. The summed E-state index contributed by atoms with van der Waals surface area (Å²) in [6.07, 6.45) is 3.89. The van der Waals surface area contributed by atoms with Crippen molar-refractivity contribution in [2.24, 2.45) is 0 Å².